The van der Waals surface area contributed by atoms with Crippen molar-refractivity contribution in [3.63, 3.8) is 0 Å². The fourth-order valence-corrected chi connectivity index (χ4v) is 1.64. The third-order valence-electron chi connectivity index (χ3n) is 2.80. The van der Waals surface area contributed by atoms with Gasteiger partial charge in [-0.15, -0.1) is 0 Å². The SMILES string of the molecule is COCCCN(CCOC)c1cc(N)c(C)cn1. The molecule has 0 amide bonds. The highest BCUT2D eigenvalue weighted by atomic mass is 16.5. The summed E-state index contributed by atoms with van der Waals surface area (Å²) >= 11 is 0. The fourth-order valence-electron chi connectivity index (χ4n) is 1.64. The lowest BCUT2D eigenvalue weighted by Gasteiger charge is -2.23. The molecule has 0 aliphatic heterocycles. The van der Waals surface area contributed by atoms with Gasteiger partial charge in [-0.3, -0.25) is 0 Å². The van der Waals surface area contributed by atoms with Gasteiger partial charge in [-0.2, -0.15) is 0 Å². The molecule has 0 bridgehead atoms. The fraction of sp³-hybridized carbons (Fsp3) is 0.615. The predicted octanol–water partition coefficient (Wildman–Crippen LogP) is 1.46. The van der Waals surface area contributed by atoms with Gasteiger partial charge in [0.1, 0.15) is 5.82 Å². The van der Waals surface area contributed by atoms with Crippen LogP contribution in [0.25, 0.3) is 0 Å². The van der Waals surface area contributed by atoms with E-state index in [4.69, 9.17) is 15.2 Å². The van der Waals surface area contributed by atoms with Gasteiger partial charge in [0.15, 0.2) is 0 Å². The number of nitrogen functional groups attached to an aromatic ring is 1. The molecule has 102 valence electrons. The van der Waals surface area contributed by atoms with Gasteiger partial charge < -0.3 is 20.1 Å². The molecule has 0 fully saturated rings. The number of nitrogens with zero attached hydrogens (tertiary/aromatic N) is 2. The Balaban J connectivity index is 2.70. The van der Waals surface area contributed by atoms with Gasteiger partial charge in [0.05, 0.1) is 6.61 Å². The maximum atomic E-state index is 5.92. The maximum Gasteiger partial charge on any atom is 0.130 e. The van der Waals surface area contributed by atoms with Crippen molar-refractivity contribution in [2.75, 3.05) is 51.2 Å². The first-order chi connectivity index (χ1) is 8.69. The smallest absolute Gasteiger partial charge is 0.130 e. The first-order valence-corrected chi connectivity index (χ1v) is 6.14. The molecule has 5 heteroatoms. The summed E-state index contributed by atoms with van der Waals surface area (Å²) in [5.41, 5.74) is 7.69. The van der Waals surface area contributed by atoms with E-state index in [-0.39, 0.29) is 0 Å². The molecule has 0 aliphatic rings. The summed E-state index contributed by atoms with van der Waals surface area (Å²) in [5, 5.41) is 0. The molecule has 0 saturated carbocycles. The molecule has 0 aliphatic carbocycles. The minimum atomic E-state index is 0.669. The number of methoxy groups -OCH3 is 2. The summed E-state index contributed by atoms with van der Waals surface area (Å²) < 4.78 is 10.2. The van der Waals surface area contributed by atoms with E-state index in [1.165, 1.54) is 0 Å². The van der Waals surface area contributed by atoms with Crippen molar-refractivity contribution in [1.82, 2.24) is 4.98 Å². The summed E-state index contributed by atoms with van der Waals surface area (Å²) in [6.45, 7) is 5.05. The summed E-state index contributed by atoms with van der Waals surface area (Å²) in [7, 11) is 3.41. The second-order valence-corrected chi connectivity index (χ2v) is 4.23. The van der Waals surface area contributed by atoms with Gasteiger partial charge >= 0.3 is 0 Å². The zero-order valence-corrected chi connectivity index (χ0v) is 11.5. The van der Waals surface area contributed by atoms with Gasteiger partial charge in [0, 0.05) is 51.9 Å². The van der Waals surface area contributed by atoms with Gasteiger partial charge in [0.2, 0.25) is 0 Å². The third kappa shape index (κ3) is 4.50. The number of aryl methyl sites for hydroxylation is 1. The maximum absolute atomic E-state index is 5.92. The van der Waals surface area contributed by atoms with Gasteiger partial charge in [-0.1, -0.05) is 0 Å². The summed E-state index contributed by atoms with van der Waals surface area (Å²) in [5.74, 6) is 0.895. The van der Waals surface area contributed by atoms with Crippen LogP contribution in [0, 0.1) is 6.92 Å². The van der Waals surface area contributed by atoms with Crippen LogP contribution in [0.2, 0.25) is 0 Å². The number of aromatic nitrogens is 1. The number of hydrogen-bond acceptors (Lipinski definition) is 5. The Bertz CT molecular complexity index is 358. The van der Waals surface area contributed by atoms with Crippen molar-refractivity contribution in [3.05, 3.63) is 17.8 Å². The number of anilines is 2. The molecule has 1 rings (SSSR count). The summed E-state index contributed by atoms with van der Waals surface area (Å²) in [6, 6.07) is 1.91. The minimum absolute atomic E-state index is 0.669. The van der Waals surface area contributed by atoms with Crippen molar-refractivity contribution < 1.29 is 9.47 Å². The summed E-state index contributed by atoms with van der Waals surface area (Å²) in [6.07, 6.45) is 2.76. The molecule has 1 heterocycles. The molecule has 0 saturated heterocycles. The average molecular weight is 253 g/mol. The van der Waals surface area contributed by atoms with Crippen LogP contribution in [0.4, 0.5) is 11.5 Å². The van der Waals surface area contributed by atoms with E-state index in [0.717, 1.165) is 43.2 Å². The molecule has 0 unspecified atom stereocenters. The van der Waals surface area contributed by atoms with Crippen LogP contribution in [0.5, 0.6) is 0 Å². The Morgan fingerprint density at radius 3 is 2.56 bits per heavy atom. The molecule has 1 aromatic rings. The molecular formula is C13H23N3O2. The number of rotatable bonds is 8. The number of hydrogen-bond donors (Lipinski definition) is 1. The van der Waals surface area contributed by atoms with Crippen molar-refractivity contribution in [3.8, 4) is 0 Å². The topological polar surface area (TPSA) is 60.6 Å². The zero-order valence-electron chi connectivity index (χ0n) is 11.5. The van der Waals surface area contributed by atoms with E-state index in [2.05, 4.69) is 9.88 Å². The van der Waals surface area contributed by atoms with Crippen LogP contribution in [-0.4, -0.2) is 45.5 Å². The van der Waals surface area contributed by atoms with Gasteiger partial charge in [0.25, 0.3) is 0 Å². The van der Waals surface area contributed by atoms with Gasteiger partial charge in [-0.25, -0.2) is 4.98 Å². The standard InChI is InChI=1S/C13H23N3O2/c1-11-10-15-13(9-12(11)14)16(6-8-18-3)5-4-7-17-2/h9-10H,4-8H2,1-3H3,(H2,14,15). The molecule has 0 radical (unpaired) electrons. The monoisotopic (exact) mass is 253 g/mol. The Morgan fingerprint density at radius 2 is 1.94 bits per heavy atom. The molecule has 2 N–H and O–H groups in total. The lowest BCUT2D eigenvalue weighted by molar-refractivity contribution is 0.191. The normalized spacial score (nSPS) is 10.6. The Hall–Kier alpha value is -1.33. The molecular weight excluding hydrogens is 230 g/mol. The predicted molar refractivity (Wildman–Crippen MR) is 74.0 cm³/mol. The van der Waals surface area contributed by atoms with Crippen LogP contribution >= 0.6 is 0 Å². The minimum Gasteiger partial charge on any atom is -0.398 e. The lowest BCUT2D eigenvalue weighted by Crippen LogP contribution is -2.29. The Morgan fingerprint density at radius 1 is 1.22 bits per heavy atom. The van der Waals surface area contributed by atoms with Crippen LogP contribution < -0.4 is 10.6 Å². The molecule has 0 spiro atoms. The van der Waals surface area contributed by atoms with Crippen molar-refractivity contribution in [1.29, 1.82) is 0 Å². The van der Waals surface area contributed by atoms with E-state index in [0.29, 0.717) is 6.61 Å². The quantitative estimate of drug-likeness (QED) is 0.711. The number of nitrogens with two attached hydrogens (primary N) is 1. The van der Waals surface area contributed by atoms with E-state index in [9.17, 15) is 0 Å². The molecule has 1 aromatic heterocycles. The van der Waals surface area contributed by atoms with Crippen molar-refractivity contribution >= 4 is 11.5 Å². The lowest BCUT2D eigenvalue weighted by atomic mass is 10.2. The first kappa shape index (κ1) is 14.7. The number of pyridine rings is 1. The second kappa shape index (κ2) is 7.89. The van der Waals surface area contributed by atoms with E-state index < -0.39 is 0 Å². The second-order valence-electron chi connectivity index (χ2n) is 4.23. The van der Waals surface area contributed by atoms with Gasteiger partial charge in [-0.05, 0) is 18.9 Å². The van der Waals surface area contributed by atoms with E-state index >= 15 is 0 Å². The molecule has 0 aromatic carbocycles. The van der Waals surface area contributed by atoms with Crippen LogP contribution in [-0.2, 0) is 9.47 Å². The summed E-state index contributed by atoms with van der Waals surface area (Å²) in [4.78, 5) is 6.59. The highest BCUT2D eigenvalue weighted by Crippen LogP contribution is 2.17. The Labute approximate surface area is 109 Å². The third-order valence-corrected chi connectivity index (χ3v) is 2.80. The molecule has 5 nitrogen and oxygen atoms in total. The average Bonchev–Trinajstić information content (AvgIpc) is 2.37. The zero-order chi connectivity index (χ0) is 13.4. The van der Waals surface area contributed by atoms with Crippen LogP contribution in [0.15, 0.2) is 12.3 Å². The van der Waals surface area contributed by atoms with Crippen molar-refractivity contribution in [2.45, 2.75) is 13.3 Å². The molecule has 0 atom stereocenters. The highest BCUT2D eigenvalue weighted by Gasteiger charge is 2.08. The van der Waals surface area contributed by atoms with Crippen LogP contribution in [0.3, 0.4) is 0 Å². The van der Waals surface area contributed by atoms with Crippen LogP contribution in [0.1, 0.15) is 12.0 Å². The number of ether oxygens (including phenoxy) is 2. The Kier molecular flexibility index (Phi) is 6.46. The highest BCUT2D eigenvalue weighted by molar-refractivity contribution is 5.54. The largest absolute Gasteiger partial charge is 0.398 e. The molecule has 18 heavy (non-hydrogen) atoms. The first-order valence-electron chi connectivity index (χ1n) is 6.14. The van der Waals surface area contributed by atoms with Crippen molar-refractivity contribution in [2.24, 2.45) is 0 Å². The van der Waals surface area contributed by atoms with E-state index in [1.807, 2.05) is 13.0 Å². The van der Waals surface area contributed by atoms with E-state index in [1.54, 1.807) is 20.4 Å².